The Morgan fingerprint density at radius 2 is 1.81 bits per heavy atom. The zero-order valence-electron chi connectivity index (χ0n) is 25.3. The average Bonchev–Trinajstić information content (AvgIpc) is 3.47. The van der Waals surface area contributed by atoms with Crippen molar-refractivity contribution in [2.24, 2.45) is 10.8 Å². The molecule has 1 fully saturated rings. The van der Waals surface area contributed by atoms with Gasteiger partial charge in [-0.2, -0.15) is 10.4 Å². The molecule has 2 amide bonds. The monoisotopic (exact) mass is 582 g/mol. The second-order valence-corrected chi connectivity index (χ2v) is 11.2. The predicted molar refractivity (Wildman–Crippen MR) is 170 cm³/mol. The van der Waals surface area contributed by atoms with Gasteiger partial charge in [0, 0.05) is 50.2 Å². The molecular weight excluding hydrogens is 540 g/mol. The van der Waals surface area contributed by atoms with E-state index in [9.17, 15) is 14.9 Å². The molecule has 2 aromatic rings. The van der Waals surface area contributed by atoms with Gasteiger partial charge in [-0.05, 0) is 85.0 Å². The predicted octanol–water partition coefficient (Wildman–Crippen LogP) is 2.51. The summed E-state index contributed by atoms with van der Waals surface area (Å²) in [6.45, 7) is 11.8. The van der Waals surface area contributed by atoms with Gasteiger partial charge in [-0.3, -0.25) is 9.59 Å². The van der Waals surface area contributed by atoms with E-state index in [0.29, 0.717) is 37.8 Å². The maximum Gasteiger partial charge on any atom is 0.251 e. The summed E-state index contributed by atoms with van der Waals surface area (Å²) in [4.78, 5) is 26.0. The topological polar surface area (TPSA) is 148 Å². The van der Waals surface area contributed by atoms with Gasteiger partial charge in [-0.25, -0.2) is 5.43 Å². The molecule has 10 heteroatoms. The first-order valence-corrected chi connectivity index (χ1v) is 14.7. The third-order valence-corrected chi connectivity index (χ3v) is 8.68. The number of nitrogens with zero attached hydrogens (tertiary/aromatic N) is 3. The molecule has 2 aromatic carbocycles. The van der Waals surface area contributed by atoms with Crippen LogP contribution in [0.5, 0.6) is 0 Å². The average molecular weight is 583 g/mol. The Hall–Kier alpha value is -4.62. The van der Waals surface area contributed by atoms with Crippen molar-refractivity contribution in [2.75, 3.05) is 27.2 Å². The fourth-order valence-electron chi connectivity index (χ4n) is 6.46. The first-order chi connectivity index (χ1) is 20.7. The van der Waals surface area contributed by atoms with Gasteiger partial charge in [0.2, 0.25) is 6.41 Å². The minimum atomic E-state index is -0.936. The summed E-state index contributed by atoms with van der Waals surface area (Å²) in [6.07, 6.45) is 4.22. The Bertz CT molecular complexity index is 1410. The first-order valence-electron chi connectivity index (χ1n) is 14.7. The number of rotatable bonds is 12. The van der Waals surface area contributed by atoms with E-state index in [2.05, 4.69) is 69.7 Å². The van der Waals surface area contributed by atoms with Crippen molar-refractivity contribution >= 4 is 23.8 Å². The number of hydrogen-bond donors (Lipinski definition) is 5. The van der Waals surface area contributed by atoms with Gasteiger partial charge in [0.05, 0.1) is 11.5 Å². The molecule has 0 radical (unpaired) electrons. The molecule has 2 aliphatic rings. The van der Waals surface area contributed by atoms with Crippen LogP contribution in [0.25, 0.3) is 5.70 Å². The van der Waals surface area contributed by atoms with E-state index in [1.165, 1.54) is 0 Å². The molecule has 2 unspecified atom stereocenters. The maximum absolute atomic E-state index is 12.6. The van der Waals surface area contributed by atoms with E-state index in [0.717, 1.165) is 58.6 Å². The van der Waals surface area contributed by atoms with Crippen LogP contribution in [0.2, 0.25) is 0 Å². The lowest BCUT2D eigenvalue weighted by atomic mass is 9.67. The van der Waals surface area contributed by atoms with E-state index in [1.807, 2.05) is 31.3 Å². The Morgan fingerprint density at radius 1 is 1.16 bits per heavy atom. The third kappa shape index (κ3) is 6.27. The Balaban J connectivity index is 1.83. The summed E-state index contributed by atoms with van der Waals surface area (Å²) < 4.78 is 0. The quantitative estimate of drug-likeness (QED) is 0.112. The number of hydrazone groups is 1. The molecule has 226 valence electrons. The minimum absolute atomic E-state index is 0.0887. The van der Waals surface area contributed by atoms with Crippen LogP contribution in [-0.4, -0.2) is 62.3 Å². The molecule has 10 nitrogen and oxygen atoms in total. The summed E-state index contributed by atoms with van der Waals surface area (Å²) in [6, 6.07) is 14.1. The maximum atomic E-state index is 12.6. The highest BCUT2D eigenvalue weighted by Gasteiger charge is 2.44. The van der Waals surface area contributed by atoms with Crippen molar-refractivity contribution in [1.29, 1.82) is 5.26 Å². The Kier molecular flexibility index (Phi) is 9.88. The molecule has 0 bridgehead atoms. The molecular formula is C33H42N8O2. The number of nitrogens with one attached hydrogen (secondary N) is 4. The number of fused-ring (bicyclic) bond motifs is 2. The highest BCUT2D eigenvalue weighted by molar-refractivity contribution is 5.98. The molecule has 0 aromatic heterocycles. The lowest BCUT2D eigenvalue weighted by Gasteiger charge is -2.38. The molecule has 43 heavy (non-hydrogen) atoms. The lowest BCUT2D eigenvalue weighted by molar-refractivity contribution is -0.109. The summed E-state index contributed by atoms with van der Waals surface area (Å²) >= 11 is 0. The van der Waals surface area contributed by atoms with Crippen molar-refractivity contribution in [3.8, 4) is 6.07 Å². The third-order valence-electron chi connectivity index (χ3n) is 8.68. The number of amides is 2. The van der Waals surface area contributed by atoms with Crippen LogP contribution in [0.3, 0.4) is 0 Å². The minimum Gasteiger partial charge on any atom is -0.388 e. The summed E-state index contributed by atoms with van der Waals surface area (Å²) in [5.74, 6) is 0.0756. The van der Waals surface area contributed by atoms with Crippen LogP contribution in [0.15, 0.2) is 60.4 Å². The SMILES string of the molecule is C=C(NC)c1ccc2c(c1)CCc1cc(C(=O)NC)ccc1C2(C[C@H](C)NCC(=C)N1CCCC1C#N)/C(N)=N/NC=O. The molecule has 4 rings (SSSR count). The van der Waals surface area contributed by atoms with E-state index in [4.69, 9.17) is 5.73 Å². The fourth-order valence-corrected chi connectivity index (χ4v) is 6.46. The van der Waals surface area contributed by atoms with Gasteiger partial charge < -0.3 is 26.6 Å². The molecule has 1 heterocycles. The molecule has 3 atom stereocenters. The summed E-state index contributed by atoms with van der Waals surface area (Å²) in [5.41, 5.74) is 15.6. The van der Waals surface area contributed by atoms with E-state index < -0.39 is 5.41 Å². The van der Waals surface area contributed by atoms with Crippen molar-refractivity contribution < 1.29 is 9.59 Å². The lowest BCUT2D eigenvalue weighted by Crippen LogP contribution is -2.49. The Morgan fingerprint density at radius 3 is 2.42 bits per heavy atom. The molecule has 1 saturated heterocycles. The van der Waals surface area contributed by atoms with E-state index in [-0.39, 0.29) is 23.8 Å². The van der Waals surface area contributed by atoms with Gasteiger partial charge >= 0.3 is 0 Å². The molecule has 1 aliphatic heterocycles. The number of aryl methyl sites for hydroxylation is 2. The number of amidine groups is 1. The number of hydrogen-bond acceptors (Lipinski definition) is 7. The smallest absolute Gasteiger partial charge is 0.251 e. The van der Waals surface area contributed by atoms with Crippen LogP contribution in [-0.2, 0) is 23.1 Å². The number of carbonyl (C=O) groups is 2. The fraction of sp³-hybridized carbons (Fsp3) is 0.394. The van der Waals surface area contributed by atoms with Gasteiger partial charge in [0.1, 0.15) is 11.9 Å². The van der Waals surface area contributed by atoms with Crippen LogP contribution < -0.4 is 27.1 Å². The normalized spacial score (nSPS) is 20.1. The van der Waals surface area contributed by atoms with Crippen molar-refractivity contribution in [3.63, 3.8) is 0 Å². The van der Waals surface area contributed by atoms with Gasteiger partial charge in [0.25, 0.3) is 5.91 Å². The van der Waals surface area contributed by atoms with Crippen molar-refractivity contribution in [1.82, 2.24) is 26.3 Å². The summed E-state index contributed by atoms with van der Waals surface area (Å²) in [5, 5.41) is 23.3. The summed E-state index contributed by atoms with van der Waals surface area (Å²) in [7, 11) is 3.45. The second kappa shape index (κ2) is 13.6. The van der Waals surface area contributed by atoms with E-state index >= 15 is 0 Å². The number of nitrogens with two attached hydrogens (primary N) is 1. The number of likely N-dealkylation sites (tertiary alicyclic amines) is 1. The highest BCUT2D eigenvalue weighted by Crippen LogP contribution is 2.44. The number of carbonyl (C=O) groups excluding carboxylic acids is 2. The molecule has 1 aliphatic carbocycles. The molecule has 6 N–H and O–H groups in total. The second-order valence-electron chi connectivity index (χ2n) is 11.2. The van der Waals surface area contributed by atoms with Gasteiger partial charge in [-0.1, -0.05) is 31.4 Å². The van der Waals surface area contributed by atoms with Crippen molar-refractivity contribution in [2.45, 2.75) is 56.5 Å². The van der Waals surface area contributed by atoms with Crippen LogP contribution in [0.1, 0.15) is 64.4 Å². The highest BCUT2D eigenvalue weighted by atomic mass is 16.1. The van der Waals surface area contributed by atoms with Crippen LogP contribution in [0.4, 0.5) is 0 Å². The van der Waals surface area contributed by atoms with Crippen LogP contribution >= 0.6 is 0 Å². The standard InChI is InChI=1S/C33H42N8O2/c1-21(38-19-22(2)41-14-6-7-28(41)18-34)17-33(32(35)40-39-20-42)29-12-10-24(23(3)36-4)15-25(29)8-9-26-16-27(31(43)37-5)11-13-30(26)33/h10-13,15-16,20-21,28,36,38H,2-3,6-9,14,17,19H2,1,4-5H3,(H2,35,40)(H,37,43)(H,39,42)/t21-,28?,33?/m0/s1. The Labute approximate surface area is 254 Å². The van der Waals surface area contributed by atoms with Gasteiger partial charge in [0.15, 0.2) is 0 Å². The molecule has 0 saturated carbocycles. The number of benzene rings is 2. The van der Waals surface area contributed by atoms with Crippen molar-refractivity contribution in [3.05, 3.63) is 88.6 Å². The zero-order chi connectivity index (χ0) is 31.1. The van der Waals surface area contributed by atoms with Gasteiger partial charge in [-0.15, -0.1) is 0 Å². The molecule has 0 spiro atoms. The number of nitriles is 1. The van der Waals surface area contributed by atoms with E-state index in [1.54, 1.807) is 7.05 Å². The first kappa shape index (κ1) is 31.3. The largest absolute Gasteiger partial charge is 0.388 e. The van der Waals surface area contributed by atoms with Crippen LogP contribution in [0, 0.1) is 11.3 Å². The zero-order valence-corrected chi connectivity index (χ0v) is 25.3.